The third-order valence-corrected chi connectivity index (χ3v) is 4.24. The number of nitrogens with zero attached hydrogens (tertiary/aromatic N) is 2. The van der Waals surface area contributed by atoms with Crippen molar-refractivity contribution >= 4 is 42.8 Å². The second kappa shape index (κ2) is 3.90. The van der Waals surface area contributed by atoms with E-state index in [9.17, 15) is 0 Å². The van der Waals surface area contributed by atoms with E-state index in [1.807, 2.05) is 30.3 Å². The van der Waals surface area contributed by atoms with Gasteiger partial charge in [-0.15, -0.1) is 11.3 Å². The first-order valence-corrected chi connectivity index (χ1v) is 6.80. The van der Waals surface area contributed by atoms with Gasteiger partial charge >= 0.3 is 0 Å². The quantitative estimate of drug-likeness (QED) is 0.522. The Morgan fingerprint density at radius 2 is 1.89 bits per heavy atom. The number of ether oxygens (including phenoxy) is 1. The third kappa shape index (κ3) is 1.57. The SMILES string of the molecule is COc1ccc2nc3sc4ccccc4c3nc2c1. The number of fused-ring (bicyclic) bond motifs is 4. The molecule has 4 rings (SSSR count). The lowest BCUT2D eigenvalue weighted by Gasteiger charge is -2.01. The zero-order valence-corrected chi connectivity index (χ0v) is 11.1. The number of hydrogen-bond donors (Lipinski definition) is 0. The lowest BCUT2D eigenvalue weighted by atomic mass is 10.2. The molecule has 0 fully saturated rings. The maximum atomic E-state index is 5.24. The van der Waals surface area contributed by atoms with Gasteiger partial charge in [-0.2, -0.15) is 0 Å². The van der Waals surface area contributed by atoms with Gasteiger partial charge in [-0.05, 0) is 18.2 Å². The van der Waals surface area contributed by atoms with Crippen LogP contribution in [0.2, 0.25) is 0 Å². The largest absolute Gasteiger partial charge is 0.497 e. The normalized spacial score (nSPS) is 11.4. The average molecular weight is 266 g/mol. The van der Waals surface area contributed by atoms with Gasteiger partial charge in [-0.25, -0.2) is 9.97 Å². The number of methoxy groups -OCH3 is 1. The molecule has 2 aromatic carbocycles. The van der Waals surface area contributed by atoms with Crippen molar-refractivity contribution in [3.05, 3.63) is 42.5 Å². The molecule has 0 aliphatic carbocycles. The summed E-state index contributed by atoms with van der Waals surface area (Å²) < 4.78 is 6.46. The second-order valence-corrected chi connectivity index (χ2v) is 5.36. The summed E-state index contributed by atoms with van der Waals surface area (Å²) >= 11 is 1.68. The Kier molecular flexibility index (Phi) is 2.19. The lowest BCUT2D eigenvalue weighted by Crippen LogP contribution is -1.87. The van der Waals surface area contributed by atoms with Gasteiger partial charge in [-0.3, -0.25) is 0 Å². The Morgan fingerprint density at radius 3 is 2.79 bits per heavy atom. The van der Waals surface area contributed by atoms with Crippen molar-refractivity contribution < 1.29 is 4.74 Å². The molecule has 0 N–H and O–H groups in total. The summed E-state index contributed by atoms with van der Waals surface area (Å²) in [6.07, 6.45) is 0. The van der Waals surface area contributed by atoms with Crippen molar-refractivity contribution in [2.24, 2.45) is 0 Å². The predicted molar refractivity (Wildman–Crippen MR) is 79.0 cm³/mol. The topological polar surface area (TPSA) is 35.0 Å². The number of thiophene rings is 1. The van der Waals surface area contributed by atoms with Crippen molar-refractivity contribution in [3.8, 4) is 5.75 Å². The molecular weight excluding hydrogens is 256 g/mol. The first-order valence-electron chi connectivity index (χ1n) is 5.98. The molecule has 0 atom stereocenters. The smallest absolute Gasteiger partial charge is 0.143 e. The van der Waals surface area contributed by atoms with E-state index in [1.54, 1.807) is 18.4 Å². The van der Waals surface area contributed by atoms with Crippen LogP contribution in [0.25, 0.3) is 31.5 Å². The fraction of sp³-hybridized carbons (Fsp3) is 0.0667. The highest BCUT2D eigenvalue weighted by Crippen LogP contribution is 2.32. The molecule has 0 saturated heterocycles. The minimum Gasteiger partial charge on any atom is -0.497 e. The van der Waals surface area contributed by atoms with Crippen LogP contribution in [-0.4, -0.2) is 17.1 Å². The molecule has 2 aromatic heterocycles. The van der Waals surface area contributed by atoms with E-state index in [-0.39, 0.29) is 0 Å². The fourth-order valence-corrected chi connectivity index (χ4v) is 3.27. The van der Waals surface area contributed by atoms with Gasteiger partial charge in [0.2, 0.25) is 0 Å². The summed E-state index contributed by atoms with van der Waals surface area (Å²) in [5.74, 6) is 0.806. The Hall–Kier alpha value is -2.20. The molecule has 0 aliphatic heterocycles. The highest BCUT2D eigenvalue weighted by atomic mass is 32.1. The molecule has 0 spiro atoms. The van der Waals surface area contributed by atoms with Crippen molar-refractivity contribution in [2.75, 3.05) is 7.11 Å². The lowest BCUT2D eigenvalue weighted by molar-refractivity contribution is 0.415. The monoisotopic (exact) mass is 266 g/mol. The highest BCUT2D eigenvalue weighted by Gasteiger charge is 2.09. The van der Waals surface area contributed by atoms with E-state index < -0.39 is 0 Å². The van der Waals surface area contributed by atoms with Crippen molar-refractivity contribution in [1.29, 1.82) is 0 Å². The van der Waals surface area contributed by atoms with Crippen LogP contribution in [0.15, 0.2) is 42.5 Å². The molecule has 4 heteroatoms. The Labute approximate surface area is 113 Å². The van der Waals surface area contributed by atoms with E-state index in [2.05, 4.69) is 12.1 Å². The zero-order chi connectivity index (χ0) is 12.8. The van der Waals surface area contributed by atoms with Crippen LogP contribution in [0.4, 0.5) is 0 Å². The molecule has 4 aromatic rings. The van der Waals surface area contributed by atoms with Crippen LogP contribution >= 0.6 is 11.3 Å². The van der Waals surface area contributed by atoms with Gasteiger partial charge in [-0.1, -0.05) is 18.2 Å². The van der Waals surface area contributed by atoms with Crippen molar-refractivity contribution in [1.82, 2.24) is 9.97 Å². The number of benzene rings is 2. The van der Waals surface area contributed by atoms with E-state index in [0.717, 1.165) is 27.1 Å². The maximum Gasteiger partial charge on any atom is 0.143 e. The molecule has 0 amide bonds. The van der Waals surface area contributed by atoms with E-state index >= 15 is 0 Å². The summed E-state index contributed by atoms with van der Waals surface area (Å²) in [4.78, 5) is 10.4. The van der Waals surface area contributed by atoms with Gasteiger partial charge < -0.3 is 4.74 Å². The molecule has 0 radical (unpaired) electrons. The Morgan fingerprint density at radius 1 is 1.00 bits per heavy atom. The van der Waals surface area contributed by atoms with Crippen LogP contribution in [0.1, 0.15) is 0 Å². The van der Waals surface area contributed by atoms with Crippen molar-refractivity contribution in [2.45, 2.75) is 0 Å². The summed E-state index contributed by atoms with van der Waals surface area (Å²) in [5.41, 5.74) is 2.75. The van der Waals surface area contributed by atoms with Crippen LogP contribution < -0.4 is 4.74 Å². The average Bonchev–Trinajstić information content (AvgIpc) is 2.82. The minimum absolute atomic E-state index is 0.806. The number of rotatable bonds is 1. The summed E-state index contributed by atoms with van der Waals surface area (Å²) in [7, 11) is 1.66. The highest BCUT2D eigenvalue weighted by molar-refractivity contribution is 7.25. The van der Waals surface area contributed by atoms with E-state index in [4.69, 9.17) is 14.7 Å². The molecule has 2 heterocycles. The van der Waals surface area contributed by atoms with Crippen molar-refractivity contribution in [3.63, 3.8) is 0 Å². The molecule has 3 nitrogen and oxygen atoms in total. The Bertz CT molecular complexity index is 914. The van der Waals surface area contributed by atoms with Crippen LogP contribution in [0.3, 0.4) is 0 Å². The molecule has 0 saturated carbocycles. The van der Waals surface area contributed by atoms with Gasteiger partial charge in [0.1, 0.15) is 16.1 Å². The summed E-state index contributed by atoms with van der Waals surface area (Å²) in [6, 6.07) is 14.1. The number of hydrogen-bond acceptors (Lipinski definition) is 4. The zero-order valence-electron chi connectivity index (χ0n) is 10.3. The molecule has 0 bridgehead atoms. The van der Waals surface area contributed by atoms with Crippen LogP contribution in [-0.2, 0) is 0 Å². The van der Waals surface area contributed by atoms with Gasteiger partial charge in [0.15, 0.2) is 0 Å². The predicted octanol–water partition coefficient (Wildman–Crippen LogP) is 4.01. The molecule has 19 heavy (non-hydrogen) atoms. The fourth-order valence-electron chi connectivity index (χ4n) is 2.25. The molecule has 0 unspecified atom stereocenters. The van der Waals surface area contributed by atoms with E-state index in [0.29, 0.717) is 0 Å². The van der Waals surface area contributed by atoms with Gasteiger partial charge in [0.25, 0.3) is 0 Å². The maximum absolute atomic E-state index is 5.24. The first kappa shape index (κ1) is 10.7. The number of aromatic nitrogens is 2. The summed E-state index contributed by atoms with van der Waals surface area (Å²) in [5, 5.41) is 1.17. The summed E-state index contributed by atoms with van der Waals surface area (Å²) in [6.45, 7) is 0. The Balaban J connectivity index is 2.16. The van der Waals surface area contributed by atoms with Gasteiger partial charge in [0, 0.05) is 16.2 Å². The van der Waals surface area contributed by atoms with Crippen LogP contribution in [0.5, 0.6) is 5.75 Å². The standard InChI is InChI=1S/C15H10N2OS/c1-18-9-6-7-11-12(8-9)16-14-10-4-2-3-5-13(10)19-15(14)17-11/h2-8H,1H3. The first-order chi connectivity index (χ1) is 9.35. The van der Waals surface area contributed by atoms with Gasteiger partial charge in [0.05, 0.1) is 18.1 Å². The third-order valence-electron chi connectivity index (χ3n) is 3.19. The molecule has 92 valence electrons. The van der Waals surface area contributed by atoms with Crippen LogP contribution in [0, 0.1) is 0 Å². The molecule has 0 aliphatic rings. The van der Waals surface area contributed by atoms with E-state index in [1.165, 1.54) is 10.1 Å². The minimum atomic E-state index is 0.806. The second-order valence-electron chi connectivity index (χ2n) is 4.33. The molecular formula is C15H10N2OS.